The zero-order valence-electron chi connectivity index (χ0n) is 29.6. The van der Waals surface area contributed by atoms with Crippen LogP contribution in [0, 0.1) is 5.92 Å². The number of amides is 3. The van der Waals surface area contributed by atoms with Gasteiger partial charge in [-0.1, -0.05) is 42.3 Å². The number of urea groups is 1. The molecular weight excluding hydrogens is 658 g/mol. The summed E-state index contributed by atoms with van der Waals surface area (Å²) < 4.78 is 29.2. The van der Waals surface area contributed by atoms with E-state index in [1.807, 2.05) is 19.9 Å². The predicted octanol–water partition coefficient (Wildman–Crippen LogP) is 3.58. The van der Waals surface area contributed by atoms with Crippen molar-refractivity contribution in [1.82, 2.24) is 10.2 Å². The minimum atomic E-state index is -1.57. The Balaban J connectivity index is 1.79. The molecule has 3 heterocycles. The molecule has 2 N–H and O–H groups in total. The van der Waals surface area contributed by atoms with E-state index in [9.17, 15) is 24.3 Å². The number of epoxide rings is 1. The third-order valence-electron chi connectivity index (χ3n) is 9.92. The number of rotatable bonds is 5. The Morgan fingerprint density at radius 2 is 1.94 bits per heavy atom. The van der Waals surface area contributed by atoms with Gasteiger partial charge in [-0.05, 0) is 44.9 Å². The van der Waals surface area contributed by atoms with Gasteiger partial charge in [-0.25, -0.2) is 9.59 Å². The maximum absolute atomic E-state index is 14.0. The highest BCUT2D eigenvalue weighted by molar-refractivity contribution is 6.35. The molecule has 0 aliphatic carbocycles. The highest BCUT2D eigenvalue weighted by Gasteiger charge is 2.64. The van der Waals surface area contributed by atoms with Gasteiger partial charge >= 0.3 is 18.0 Å². The molecule has 4 rings (SSSR count). The zero-order chi connectivity index (χ0) is 36.4. The number of carbonyl (C=O) groups is 4. The van der Waals surface area contributed by atoms with Crippen LogP contribution < -0.4 is 15.0 Å². The van der Waals surface area contributed by atoms with Gasteiger partial charge in [0, 0.05) is 40.6 Å². The molecule has 1 aromatic carbocycles. The number of likely N-dealkylation sites (N-methyl/N-ethyl adjacent to an activating group) is 1. The summed E-state index contributed by atoms with van der Waals surface area (Å²) in [5, 5.41) is 14.5. The maximum atomic E-state index is 14.0. The fraction of sp³-hybridized carbons (Fsp3) is 0.600. The molecule has 49 heavy (non-hydrogen) atoms. The summed E-state index contributed by atoms with van der Waals surface area (Å²) in [5.74, 6) is -1.87. The third kappa shape index (κ3) is 8.06. The summed E-state index contributed by atoms with van der Waals surface area (Å²) in [6.07, 6.45) is 1.99. The van der Waals surface area contributed by atoms with Crippen LogP contribution in [0.1, 0.15) is 52.5 Å². The van der Waals surface area contributed by atoms with E-state index in [0.29, 0.717) is 17.9 Å². The number of benzene rings is 1. The number of hydrogen-bond acceptors (Lipinski definition) is 10. The zero-order valence-corrected chi connectivity index (χ0v) is 30.3. The summed E-state index contributed by atoms with van der Waals surface area (Å²) in [7, 11) is 7.43. The molecule has 0 saturated carbocycles. The van der Waals surface area contributed by atoms with Crippen molar-refractivity contribution in [3.8, 4) is 5.75 Å². The summed E-state index contributed by atoms with van der Waals surface area (Å²) in [6, 6.07) is 2.10. The number of allylic oxidation sites excluding steroid dienone is 3. The van der Waals surface area contributed by atoms with Crippen LogP contribution in [-0.2, 0) is 39.8 Å². The summed E-state index contributed by atoms with van der Waals surface area (Å²) in [5.41, 5.74) is -0.598. The quantitative estimate of drug-likeness (QED) is 0.343. The standard InChI is InChI=1S/C35H48ClN3O10/c1-19-11-10-12-26(46-9)35(44)17-25(47-29(41)18-35)20(2)31-34(4,49-31)27(48-32(42)21(3)38(6)33(43)37-5)16-28(40)39(7)23-14-22(13-19)15-24(45-8)30(23)36/h10-12,14-15,20-21,25-27,31,44H,13,16-18H2,1-9H3,(H,37,43)/b12-10+,19-11+/t20-,21+,25+,26-,27-,31+,34+,35-/m1/s1. The van der Waals surface area contributed by atoms with E-state index in [4.69, 9.17) is 35.3 Å². The Morgan fingerprint density at radius 1 is 1.24 bits per heavy atom. The Morgan fingerprint density at radius 3 is 2.57 bits per heavy atom. The van der Waals surface area contributed by atoms with Crippen LogP contribution in [0.2, 0.25) is 5.02 Å². The van der Waals surface area contributed by atoms with Gasteiger partial charge in [-0.15, -0.1) is 0 Å². The van der Waals surface area contributed by atoms with Crippen molar-refractivity contribution in [3.05, 3.63) is 46.5 Å². The lowest BCUT2D eigenvalue weighted by Gasteiger charge is -2.41. The fourth-order valence-corrected chi connectivity index (χ4v) is 6.92. The van der Waals surface area contributed by atoms with Gasteiger partial charge in [0.05, 0.1) is 31.7 Å². The van der Waals surface area contributed by atoms with Crippen LogP contribution in [0.5, 0.6) is 5.75 Å². The number of ether oxygens (including phenoxy) is 5. The molecule has 0 spiro atoms. The van der Waals surface area contributed by atoms with Crippen molar-refractivity contribution in [2.75, 3.05) is 40.3 Å². The van der Waals surface area contributed by atoms with Crippen molar-refractivity contribution < 1.29 is 48.0 Å². The monoisotopic (exact) mass is 705 g/mol. The van der Waals surface area contributed by atoms with E-state index in [1.165, 1.54) is 45.0 Å². The first-order chi connectivity index (χ1) is 23.0. The third-order valence-corrected chi connectivity index (χ3v) is 10.3. The topological polar surface area (TPSA) is 156 Å². The van der Waals surface area contributed by atoms with Gasteiger partial charge < -0.3 is 43.9 Å². The number of aliphatic hydroxyl groups is 1. The molecule has 8 atom stereocenters. The Labute approximate surface area is 292 Å². The van der Waals surface area contributed by atoms with Crippen LogP contribution >= 0.6 is 11.6 Å². The largest absolute Gasteiger partial charge is 0.495 e. The lowest BCUT2D eigenvalue weighted by atomic mass is 9.78. The first kappa shape index (κ1) is 38.2. The summed E-state index contributed by atoms with van der Waals surface area (Å²) in [4.78, 5) is 55.2. The number of halogens is 1. The molecule has 3 aliphatic rings. The number of nitrogens with one attached hydrogen (secondary N) is 1. The van der Waals surface area contributed by atoms with Gasteiger partial charge in [0.2, 0.25) is 5.91 Å². The molecule has 0 radical (unpaired) electrons. The average Bonchev–Trinajstić information content (AvgIpc) is 3.76. The molecule has 2 fully saturated rings. The number of fused-ring (bicyclic) bond motifs is 5. The molecule has 1 aromatic rings. The first-order valence-electron chi connectivity index (χ1n) is 16.2. The molecule has 2 saturated heterocycles. The van der Waals surface area contributed by atoms with Gasteiger partial charge in [-0.3, -0.25) is 9.59 Å². The van der Waals surface area contributed by atoms with E-state index in [0.717, 1.165) is 11.1 Å². The number of anilines is 1. The Kier molecular flexibility index (Phi) is 11.7. The highest BCUT2D eigenvalue weighted by Crippen LogP contribution is 2.49. The second-order valence-electron chi connectivity index (χ2n) is 13.4. The van der Waals surface area contributed by atoms with Crippen molar-refractivity contribution in [2.24, 2.45) is 5.92 Å². The van der Waals surface area contributed by atoms with Crippen LogP contribution in [0.4, 0.5) is 10.5 Å². The summed E-state index contributed by atoms with van der Waals surface area (Å²) in [6.45, 7) is 6.99. The van der Waals surface area contributed by atoms with Crippen molar-refractivity contribution >= 4 is 41.2 Å². The molecule has 3 amide bonds. The molecule has 14 heteroatoms. The lowest BCUT2D eigenvalue weighted by Crippen LogP contribution is -2.53. The number of nitrogens with zero attached hydrogens (tertiary/aromatic N) is 2. The van der Waals surface area contributed by atoms with Crippen LogP contribution in [0.15, 0.2) is 35.9 Å². The average molecular weight is 706 g/mol. The number of methoxy groups -OCH3 is 2. The minimum absolute atomic E-state index is 0.0611. The van der Waals surface area contributed by atoms with Gasteiger partial charge in [0.1, 0.15) is 46.3 Å². The smallest absolute Gasteiger partial charge is 0.329 e. The molecule has 3 aliphatic heterocycles. The molecule has 0 unspecified atom stereocenters. The summed E-state index contributed by atoms with van der Waals surface area (Å²) >= 11 is 6.72. The lowest BCUT2D eigenvalue weighted by molar-refractivity contribution is -0.187. The minimum Gasteiger partial charge on any atom is -0.495 e. The SMILES string of the molecule is CNC(=O)N(C)[C@@H](C)C(=O)O[C@@H]1CC(=O)N(C)c2cc(cc(OC)c2Cl)C/C(C)=C/C=C/[C@@H](OC)[C@]2(O)CC(=O)O[C@@H](C2)[C@@H](C)[C@@H]2O[C@@]12C. The van der Waals surface area contributed by atoms with Gasteiger partial charge in [0.15, 0.2) is 0 Å². The van der Waals surface area contributed by atoms with Crippen LogP contribution in [0.3, 0.4) is 0 Å². The normalized spacial score (nSPS) is 32.8. The highest BCUT2D eigenvalue weighted by atomic mass is 35.5. The van der Waals surface area contributed by atoms with Crippen molar-refractivity contribution in [1.29, 1.82) is 0 Å². The second kappa shape index (κ2) is 15.1. The van der Waals surface area contributed by atoms with E-state index < -0.39 is 71.5 Å². The van der Waals surface area contributed by atoms with Crippen molar-refractivity contribution in [3.63, 3.8) is 0 Å². The first-order valence-corrected chi connectivity index (χ1v) is 16.6. The van der Waals surface area contributed by atoms with E-state index in [2.05, 4.69) is 5.32 Å². The second-order valence-corrected chi connectivity index (χ2v) is 13.8. The van der Waals surface area contributed by atoms with Gasteiger partial charge in [0.25, 0.3) is 0 Å². The fourth-order valence-electron chi connectivity index (χ4n) is 6.61. The van der Waals surface area contributed by atoms with E-state index in [-0.39, 0.29) is 24.3 Å². The van der Waals surface area contributed by atoms with E-state index >= 15 is 0 Å². The van der Waals surface area contributed by atoms with Gasteiger partial charge in [-0.2, -0.15) is 0 Å². The molecule has 270 valence electrons. The Hall–Kier alpha value is -3.65. The van der Waals surface area contributed by atoms with Crippen LogP contribution in [0.25, 0.3) is 0 Å². The Bertz CT molecular complexity index is 1520. The van der Waals surface area contributed by atoms with E-state index in [1.54, 1.807) is 38.3 Å². The van der Waals surface area contributed by atoms with Crippen molar-refractivity contribution in [2.45, 2.75) is 95.0 Å². The maximum Gasteiger partial charge on any atom is 0.329 e. The molecule has 4 bridgehead atoms. The number of carbonyl (C=O) groups excluding carboxylic acids is 4. The molecule has 0 aromatic heterocycles. The number of esters is 2. The predicted molar refractivity (Wildman–Crippen MR) is 181 cm³/mol. The number of hydrogen-bond donors (Lipinski definition) is 2. The van der Waals surface area contributed by atoms with Crippen LogP contribution in [-0.4, -0.2) is 111 Å². The molecular formula is C35H48ClN3O10. The molecule has 13 nitrogen and oxygen atoms in total.